The molecule has 1 fully saturated rings. The third-order valence-corrected chi connectivity index (χ3v) is 2.24. The molecule has 0 bridgehead atoms. The molecule has 0 aromatic heterocycles. The van der Waals surface area contributed by atoms with Gasteiger partial charge in [0.25, 0.3) is 0 Å². The Bertz CT molecular complexity index is 124. The minimum Gasteiger partial charge on any atom is -0.217 e. The summed E-state index contributed by atoms with van der Waals surface area (Å²) in [5, 5.41) is 9.79. The van der Waals surface area contributed by atoms with Crippen LogP contribution in [-0.2, 0) is 0 Å². The van der Waals surface area contributed by atoms with Crippen molar-refractivity contribution in [3.8, 4) is 0 Å². The zero-order valence-corrected chi connectivity index (χ0v) is 7.02. The highest BCUT2D eigenvalue weighted by atomic mass is 19.2. The Balaban J connectivity index is 2.35. The molecule has 0 aromatic rings. The Morgan fingerprint density at radius 2 is 2.00 bits per heavy atom. The number of piperazine rings is 1. The molecular weight excluding hydrogens is 147 g/mol. The van der Waals surface area contributed by atoms with Crippen molar-refractivity contribution in [2.24, 2.45) is 0 Å². The van der Waals surface area contributed by atoms with Gasteiger partial charge in [-0.05, 0) is 10.9 Å². The van der Waals surface area contributed by atoms with E-state index in [0.29, 0.717) is 26.2 Å². The molecule has 0 saturated carbocycles. The van der Waals surface area contributed by atoms with Gasteiger partial charge in [-0.2, -0.15) is 4.65 Å². The van der Waals surface area contributed by atoms with Crippen molar-refractivity contribution in [3.63, 3.8) is 0 Å². The smallest absolute Gasteiger partial charge is 0.165 e. The fourth-order valence-corrected chi connectivity index (χ4v) is 1.54. The monoisotopic (exact) mass is 164 g/mol. The van der Waals surface area contributed by atoms with Crippen molar-refractivity contribution < 1.29 is 19.5 Å². The maximum atomic E-state index is 12.6. The summed E-state index contributed by atoms with van der Waals surface area (Å²) in [4.78, 5) is 0. The SMILES string of the molecule is CCC[N+]1(O)CC[NH+](F)CC1. The number of nitrogens with one attached hydrogen (secondary N) is 1. The van der Waals surface area contributed by atoms with Gasteiger partial charge in [-0.15, -0.1) is 5.12 Å². The van der Waals surface area contributed by atoms with Crippen LogP contribution in [-0.4, -0.2) is 42.6 Å². The lowest BCUT2D eigenvalue weighted by Crippen LogP contribution is -3.09. The van der Waals surface area contributed by atoms with Crippen LogP contribution in [0.15, 0.2) is 0 Å². The Kier molecular flexibility index (Phi) is 2.81. The fraction of sp³-hybridized carbons (Fsp3) is 1.00. The number of halogens is 1. The van der Waals surface area contributed by atoms with Gasteiger partial charge in [-0.25, -0.2) is 5.21 Å². The molecule has 2 N–H and O–H groups in total. The van der Waals surface area contributed by atoms with E-state index in [1.54, 1.807) is 0 Å². The van der Waals surface area contributed by atoms with E-state index in [2.05, 4.69) is 0 Å². The molecule has 1 aliphatic rings. The maximum Gasteiger partial charge on any atom is 0.165 e. The van der Waals surface area contributed by atoms with Gasteiger partial charge >= 0.3 is 0 Å². The first-order chi connectivity index (χ1) is 5.16. The van der Waals surface area contributed by atoms with Crippen molar-refractivity contribution in [1.82, 2.24) is 0 Å². The molecule has 0 aliphatic carbocycles. The molecule has 0 amide bonds. The van der Waals surface area contributed by atoms with Gasteiger partial charge in [0.2, 0.25) is 0 Å². The Labute approximate surface area is 66.5 Å². The second kappa shape index (κ2) is 3.47. The van der Waals surface area contributed by atoms with Crippen LogP contribution >= 0.6 is 0 Å². The van der Waals surface area contributed by atoms with Gasteiger partial charge in [-0.1, -0.05) is 6.92 Å². The molecule has 0 unspecified atom stereocenters. The van der Waals surface area contributed by atoms with Crippen LogP contribution in [0.5, 0.6) is 0 Å². The molecule has 4 heteroatoms. The van der Waals surface area contributed by atoms with Gasteiger partial charge in [0.05, 0.1) is 0 Å². The van der Waals surface area contributed by atoms with E-state index in [9.17, 15) is 9.69 Å². The van der Waals surface area contributed by atoms with Crippen LogP contribution in [0.4, 0.5) is 4.48 Å². The molecular formula is C7H17FN2O+2. The van der Waals surface area contributed by atoms with E-state index in [1.165, 1.54) is 0 Å². The molecule has 11 heavy (non-hydrogen) atoms. The van der Waals surface area contributed by atoms with Gasteiger partial charge < -0.3 is 0 Å². The average Bonchev–Trinajstić information content (AvgIpc) is 1.97. The highest BCUT2D eigenvalue weighted by Crippen LogP contribution is 2.02. The summed E-state index contributed by atoms with van der Waals surface area (Å²) < 4.78 is 12.6. The van der Waals surface area contributed by atoms with Crippen molar-refractivity contribution >= 4 is 0 Å². The van der Waals surface area contributed by atoms with E-state index < -0.39 is 0 Å². The van der Waals surface area contributed by atoms with E-state index in [-0.39, 0.29) is 9.77 Å². The molecule has 0 radical (unpaired) electrons. The molecule has 3 nitrogen and oxygen atoms in total. The normalized spacial score (nSPS) is 39.0. The fourth-order valence-electron chi connectivity index (χ4n) is 1.54. The third kappa shape index (κ3) is 2.39. The minimum absolute atomic E-state index is 0.0453. The van der Waals surface area contributed by atoms with Gasteiger partial charge in [0.1, 0.15) is 6.54 Å². The summed E-state index contributed by atoms with van der Waals surface area (Å²) in [5.41, 5.74) is 0. The lowest BCUT2D eigenvalue weighted by atomic mass is 10.3. The van der Waals surface area contributed by atoms with Crippen molar-refractivity contribution in [3.05, 3.63) is 0 Å². The number of quaternary nitrogens is 2. The third-order valence-electron chi connectivity index (χ3n) is 2.24. The summed E-state index contributed by atoms with van der Waals surface area (Å²) >= 11 is 0. The summed E-state index contributed by atoms with van der Waals surface area (Å²) in [6.45, 7) is 4.78. The minimum atomic E-state index is 0.0453. The summed E-state index contributed by atoms with van der Waals surface area (Å²) in [6.07, 6.45) is 0.956. The van der Waals surface area contributed by atoms with Crippen molar-refractivity contribution in [2.45, 2.75) is 13.3 Å². The number of rotatable bonds is 2. The zero-order valence-electron chi connectivity index (χ0n) is 7.02. The Morgan fingerprint density at radius 1 is 1.45 bits per heavy atom. The number of hydrogen-bond donors (Lipinski definition) is 2. The first kappa shape index (κ1) is 8.90. The van der Waals surface area contributed by atoms with E-state index in [0.717, 1.165) is 13.0 Å². The van der Waals surface area contributed by atoms with Gasteiger partial charge in [-0.3, -0.25) is 0 Å². The van der Waals surface area contributed by atoms with Gasteiger partial charge in [0.15, 0.2) is 26.2 Å². The Morgan fingerprint density at radius 3 is 2.45 bits per heavy atom. The predicted octanol–water partition coefficient (Wildman–Crippen LogP) is -0.615. The highest BCUT2D eigenvalue weighted by molar-refractivity contribution is 4.38. The topological polar surface area (TPSA) is 24.7 Å². The molecule has 1 aliphatic heterocycles. The molecule has 66 valence electrons. The van der Waals surface area contributed by atoms with E-state index in [4.69, 9.17) is 0 Å². The summed E-state index contributed by atoms with van der Waals surface area (Å²) in [6, 6.07) is 0. The van der Waals surface area contributed by atoms with Crippen molar-refractivity contribution in [1.29, 1.82) is 0 Å². The molecule has 1 saturated heterocycles. The molecule has 0 aromatic carbocycles. The second-order valence-corrected chi connectivity index (χ2v) is 3.28. The molecule has 0 spiro atoms. The zero-order chi connectivity index (χ0) is 8.32. The largest absolute Gasteiger partial charge is 0.217 e. The number of hydrogen-bond acceptors (Lipinski definition) is 1. The lowest BCUT2D eigenvalue weighted by molar-refractivity contribution is -1.17. The van der Waals surface area contributed by atoms with Crippen LogP contribution in [0.2, 0.25) is 0 Å². The second-order valence-electron chi connectivity index (χ2n) is 3.28. The Hall–Kier alpha value is -0.190. The summed E-state index contributed by atoms with van der Waals surface area (Å²) in [5.74, 6) is 0. The number of nitrogens with zero attached hydrogens (tertiary/aromatic N) is 1. The first-order valence-corrected chi connectivity index (χ1v) is 4.25. The van der Waals surface area contributed by atoms with Crippen LogP contribution in [0, 0.1) is 0 Å². The summed E-state index contributed by atoms with van der Waals surface area (Å²) in [7, 11) is 0. The van der Waals surface area contributed by atoms with Crippen LogP contribution < -0.4 is 5.12 Å². The first-order valence-electron chi connectivity index (χ1n) is 4.25. The standard InChI is InChI=1S/C7H16FN2O/c1-2-5-10(11)6-3-9(8)4-7-10/h11H,2-7H2,1H3/q+1/p+1. The van der Waals surface area contributed by atoms with Crippen LogP contribution in [0.3, 0.4) is 0 Å². The highest BCUT2D eigenvalue weighted by Gasteiger charge is 2.33. The van der Waals surface area contributed by atoms with E-state index >= 15 is 0 Å². The van der Waals surface area contributed by atoms with E-state index in [1.807, 2.05) is 6.92 Å². The maximum absolute atomic E-state index is 12.6. The van der Waals surface area contributed by atoms with Crippen LogP contribution in [0.25, 0.3) is 0 Å². The number of hydroxylamine groups is 3. The predicted molar refractivity (Wildman–Crippen MR) is 38.7 cm³/mol. The lowest BCUT2D eigenvalue weighted by Gasteiger charge is -2.32. The molecule has 0 atom stereocenters. The average molecular weight is 164 g/mol. The van der Waals surface area contributed by atoms with Crippen LogP contribution in [0.1, 0.15) is 13.3 Å². The quantitative estimate of drug-likeness (QED) is 0.413. The van der Waals surface area contributed by atoms with Crippen molar-refractivity contribution in [2.75, 3.05) is 32.7 Å². The molecule has 1 heterocycles. The molecule has 1 rings (SSSR count). The van der Waals surface area contributed by atoms with Gasteiger partial charge in [0, 0.05) is 0 Å².